The quantitative estimate of drug-likeness (QED) is 0.800. The summed E-state index contributed by atoms with van der Waals surface area (Å²) in [5.41, 5.74) is 7.75. The number of nitrogen functional groups attached to an aromatic ring is 1. The highest BCUT2D eigenvalue weighted by Crippen LogP contribution is 2.19. The molecule has 0 amide bonds. The van der Waals surface area contributed by atoms with Gasteiger partial charge in [0.25, 0.3) is 0 Å². The van der Waals surface area contributed by atoms with Crippen LogP contribution in [0.3, 0.4) is 0 Å². The third-order valence-corrected chi connectivity index (χ3v) is 2.93. The number of nitrogens with zero attached hydrogens (tertiary/aromatic N) is 2. The zero-order valence-corrected chi connectivity index (χ0v) is 9.98. The Labute approximate surface area is 96.2 Å². The van der Waals surface area contributed by atoms with Gasteiger partial charge in [-0.3, -0.25) is 4.68 Å². The minimum Gasteiger partial charge on any atom is -0.399 e. The molecule has 3 heteroatoms. The fourth-order valence-corrected chi connectivity index (χ4v) is 2.11. The van der Waals surface area contributed by atoms with E-state index >= 15 is 0 Å². The van der Waals surface area contributed by atoms with Crippen molar-refractivity contribution in [3.8, 4) is 0 Å². The molecule has 2 N–H and O–H groups in total. The molecule has 1 atom stereocenters. The number of aromatic nitrogens is 2. The highest BCUT2D eigenvalue weighted by atomic mass is 15.3. The van der Waals surface area contributed by atoms with Crippen molar-refractivity contribution in [1.29, 1.82) is 0 Å². The van der Waals surface area contributed by atoms with Gasteiger partial charge in [-0.05, 0) is 30.5 Å². The molecule has 0 radical (unpaired) electrons. The minimum atomic E-state index is 0.662. The Hall–Kier alpha value is -1.51. The van der Waals surface area contributed by atoms with Gasteiger partial charge in [0.2, 0.25) is 0 Å². The van der Waals surface area contributed by atoms with Gasteiger partial charge in [-0.15, -0.1) is 0 Å². The molecule has 0 bridgehead atoms. The highest BCUT2D eigenvalue weighted by Gasteiger charge is 2.06. The molecular weight excluding hydrogens is 198 g/mol. The maximum Gasteiger partial charge on any atom is 0.0702 e. The summed E-state index contributed by atoms with van der Waals surface area (Å²) in [6, 6.07) is 5.95. The molecule has 0 spiro atoms. The smallest absolute Gasteiger partial charge is 0.0702 e. The van der Waals surface area contributed by atoms with Crippen molar-refractivity contribution in [1.82, 2.24) is 9.78 Å². The molecule has 0 fully saturated rings. The van der Waals surface area contributed by atoms with E-state index in [-0.39, 0.29) is 0 Å². The Bertz CT molecular complexity index is 473. The van der Waals surface area contributed by atoms with Gasteiger partial charge >= 0.3 is 0 Å². The van der Waals surface area contributed by atoms with Crippen LogP contribution in [0.5, 0.6) is 0 Å². The Morgan fingerprint density at radius 2 is 2.25 bits per heavy atom. The van der Waals surface area contributed by atoms with Crippen LogP contribution in [-0.4, -0.2) is 9.78 Å². The van der Waals surface area contributed by atoms with Crippen LogP contribution in [-0.2, 0) is 6.54 Å². The summed E-state index contributed by atoms with van der Waals surface area (Å²) < 4.78 is 2.06. The van der Waals surface area contributed by atoms with Crippen molar-refractivity contribution in [2.24, 2.45) is 5.92 Å². The van der Waals surface area contributed by atoms with Gasteiger partial charge in [-0.1, -0.05) is 20.3 Å². The topological polar surface area (TPSA) is 43.8 Å². The molecule has 0 aliphatic heterocycles. The van der Waals surface area contributed by atoms with Gasteiger partial charge < -0.3 is 5.73 Å². The average Bonchev–Trinajstić information content (AvgIpc) is 2.61. The van der Waals surface area contributed by atoms with Crippen LogP contribution in [0.2, 0.25) is 0 Å². The Morgan fingerprint density at radius 3 is 3.00 bits per heavy atom. The van der Waals surface area contributed by atoms with Gasteiger partial charge in [0.15, 0.2) is 0 Å². The van der Waals surface area contributed by atoms with Crippen molar-refractivity contribution >= 4 is 16.6 Å². The minimum absolute atomic E-state index is 0.662. The molecule has 2 aromatic rings. The van der Waals surface area contributed by atoms with Crippen molar-refractivity contribution in [2.75, 3.05) is 5.73 Å². The number of hydrogen-bond acceptors (Lipinski definition) is 2. The lowest BCUT2D eigenvalue weighted by Crippen LogP contribution is -2.08. The second kappa shape index (κ2) is 4.56. The first-order valence-electron chi connectivity index (χ1n) is 5.91. The Balaban J connectivity index is 2.27. The number of fused-ring (bicyclic) bond motifs is 1. The molecule has 1 aromatic heterocycles. The molecule has 0 saturated heterocycles. The van der Waals surface area contributed by atoms with Crippen LogP contribution in [0.1, 0.15) is 26.7 Å². The molecular formula is C13H19N3. The standard InChI is InChI=1S/C13H19N3/c1-3-4-10(2)9-16-13-7-12(14)6-5-11(13)8-15-16/h5-8,10H,3-4,9,14H2,1-2H3. The van der Waals surface area contributed by atoms with E-state index in [9.17, 15) is 0 Å². The summed E-state index contributed by atoms with van der Waals surface area (Å²) in [4.78, 5) is 0. The maximum absolute atomic E-state index is 5.80. The number of nitrogens with two attached hydrogens (primary N) is 1. The lowest BCUT2D eigenvalue weighted by atomic mass is 10.1. The van der Waals surface area contributed by atoms with E-state index in [1.807, 2.05) is 24.4 Å². The van der Waals surface area contributed by atoms with Crippen molar-refractivity contribution < 1.29 is 0 Å². The molecule has 0 saturated carbocycles. The van der Waals surface area contributed by atoms with Crippen molar-refractivity contribution in [3.63, 3.8) is 0 Å². The number of rotatable bonds is 4. The number of anilines is 1. The van der Waals surface area contributed by atoms with E-state index in [0.717, 1.165) is 23.1 Å². The van der Waals surface area contributed by atoms with E-state index in [2.05, 4.69) is 23.6 Å². The normalized spacial score (nSPS) is 13.1. The molecule has 1 aromatic carbocycles. The summed E-state index contributed by atoms with van der Waals surface area (Å²) in [6.45, 7) is 5.46. The van der Waals surface area contributed by atoms with Gasteiger partial charge in [0.05, 0.1) is 11.7 Å². The summed E-state index contributed by atoms with van der Waals surface area (Å²) in [5, 5.41) is 5.58. The molecule has 3 nitrogen and oxygen atoms in total. The van der Waals surface area contributed by atoms with Crippen LogP contribution >= 0.6 is 0 Å². The Kier molecular flexibility index (Phi) is 3.13. The molecule has 0 aliphatic rings. The SMILES string of the molecule is CCCC(C)Cn1ncc2ccc(N)cc21. The first-order valence-corrected chi connectivity index (χ1v) is 5.91. The summed E-state index contributed by atoms with van der Waals surface area (Å²) in [6.07, 6.45) is 4.37. The highest BCUT2D eigenvalue weighted by molar-refractivity contribution is 5.81. The van der Waals surface area contributed by atoms with Gasteiger partial charge in [-0.2, -0.15) is 5.10 Å². The van der Waals surface area contributed by atoms with Gasteiger partial charge in [-0.25, -0.2) is 0 Å². The van der Waals surface area contributed by atoms with Crippen molar-refractivity contribution in [3.05, 3.63) is 24.4 Å². The predicted octanol–water partition coefficient (Wildman–Crippen LogP) is 3.05. The Morgan fingerprint density at radius 1 is 1.44 bits per heavy atom. The summed E-state index contributed by atoms with van der Waals surface area (Å²) in [7, 11) is 0. The van der Waals surface area contributed by atoms with E-state index in [4.69, 9.17) is 5.73 Å². The van der Waals surface area contributed by atoms with E-state index in [1.165, 1.54) is 12.8 Å². The van der Waals surface area contributed by atoms with Crippen LogP contribution in [0.25, 0.3) is 10.9 Å². The zero-order valence-electron chi connectivity index (χ0n) is 9.98. The summed E-state index contributed by atoms with van der Waals surface area (Å²) in [5.74, 6) is 0.662. The fourth-order valence-electron chi connectivity index (χ4n) is 2.11. The average molecular weight is 217 g/mol. The zero-order chi connectivity index (χ0) is 11.5. The molecule has 1 unspecified atom stereocenters. The lowest BCUT2D eigenvalue weighted by molar-refractivity contribution is 0.428. The van der Waals surface area contributed by atoms with Crippen LogP contribution in [0.4, 0.5) is 5.69 Å². The monoisotopic (exact) mass is 217 g/mol. The first-order chi connectivity index (χ1) is 7.70. The number of benzene rings is 1. The third-order valence-electron chi connectivity index (χ3n) is 2.93. The molecule has 0 aliphatic carbocycles. The second-order valence-corrected chi connectivity index (χ2v) is 4.54. The van der Waals surface area contributed by atoms with Gasteiger partial charge in [0.1, 0.15) is 0 Å². The second-order valence-electron chi connectivity index (χ2n) is 4.54. The summed E-state index contributed by atoms with van der Waals surface area (Å²) >= 11 is 0. The first kappa shape index (κ1) is 11.0. The third kappa shape index (κ3) is 2.18. The largest absolute Gasteiger partial charge is 0.399 e. The fraction of sp³-hybridized carbons (Fsp3) is 0.462. The molecule has 2 rings (SSSR count). The maximum atomic E-state index is 5.80. The van der Waals surface area contributed by atoms with Crippen LogP contribution in [0, 0.1) is 5.92 Å². The van der Waals surface area contributed by atoms with Gasteiger partial charge in [0, 0.05) is 17.6 Å². The molecule has 1 heterocycles. The van der Waals surface area contributed by atoms with E-state index in [0.29, 0.717) is 5.92 Å². The number of hydrogen-bond donors (Lipinski definition) is 1. The van der Waals surface area contributed by atoms with Crippen molar-refractivity contribution in [2.45, 2.75) is 33.2 Å². The van der Waals surface area contributed by atoms with Crippen LogP contribution in [0.15, 0.2) is 24.4 Å². The molecule has 86 valence electrons. The predicted molar refractivity (Wildman–Crippen MR) is 68.2 cm³/mol. The lowest BCUT2D eigenvalue weighted by Gasteiger charge is -2.11. The van der Waals surface area contributed by atoms with E-state index < -0.39 is 0 Å². The molecule has 16 heavy (non-hydrogen) atoms. The van der Waals surface area contributed by atoms with E-state index in [1.54, 1.807) is 0 Å². The van der Waals surface area contributed by atoms with Crippen LogP contribution < -0.4 is 5.73 Å².